The molecule has 1 aromatic carbocycles. The maximum atomic E-state index is 9.28. The van der Waals surface area contributed by atoms with Crippen molar-refractivity contribution in [2.45, 2.75) is 20.4 Å². The zero-order chi connectivity index (χ0) is 13.0. The molecule has 0 aliphatic carbocycles. The molecule has 0 bridgehead atoms. The number of aliphatic hydroxyl groups is 1. The lowest BCUT2D eigenvalue weighted by Gasteiger charge is -2.18. The van der Waals surface area contributed by atoms with Gasteiger partial charge in [0.05, 0.1) is 0 Å². The molecule has 3 heteroatoms. The second kappa shape index (κ2) is 6.03. The van der Waals surface area contributed by atoms with Crippen molar-refractivity contribution < 1.29 is 5.11 Å². The van der Waals surface area contributed by atoms with E-state index in [4.69, 9.17) is 0 Å². The summed E-state index contributed by atoms with van der Waals surface area (Å²) in [4.78, 5) is 3.27. The van der Waals surface area contributed by atoms with Crippen LogP contribution in [0.25, 0.3) is 10.9 Å². The minimum Gasteiger partial charge on any atom is -0.396 e. The van der Waals surface area contributed by atoms with Gasteiger partial charge < -0.3 is 15.4 Å². The molecule has 2 rings (SSSR count). The molecule has 98 valence electrons. The third-order valence-corrected chi connectivity index (χ3v) is 3.57. The molecule has 0 saturated heterocycles. The maximum absolute atomic E-state index is 9.28. The number of benzene rings is 1. The highest BCUT2D eigenvalue weighted by Crippen LogP contribution is 2.17. The van der Waals surface area contributed by atoms with Gasteiger partial charge in [0.1, 0.15) is 0 Å². The van der Waals surface area contributed by atoms with Crippen molar-refractivity contribution in [3.63, 3.8) is 0 Å². The van der Waals surface area contributed by atoms with Crippen molar-refractivity contribution in [1.82, 2.24) is 10.3 Å². The highest BCUT2D eigenvalue weighted by atomic mass is 16.3. The molecule has 1 atom stereocenters. The van der Waals surface area contributed by atoms with E-state index in [2.05, 4.69) is 48.5 Å². The van der Waals surface area contributed by atoms with Crippen LogP contribution in [0.5, 0.6) is 0 Å². The monoisotopic (exact) mass is 246 g/mol. The number of nitrogens with one attached hydrogen (secondary N) is 2. The van der Waals surface area contributed by atoms with Crippen molar-refractivity contribution in [1.29, 1.82) is 0 Å². The van der Waals surface area contributed by atoms with Crippen LogP contribution in [0.4, 0.5) is 0 Å². The van der Waals surface area contributed by atoms with Gasteiger partial charge in [-0.3, -0.25) is 0 Å². The Labute approximate surface area is 108 Å². The molecule has 3 N–H and O–H groups in total. The number of aromatic amines is 1. The highest BCUT2D eigenvalue weighted by molar-refractivity contribution is 5.82. The topological polar surface area (TPSA) is 48.0 Å². The number of hydrogen-bond acceptors (Lipinski definition) is 2. The Kier molecular flexibility index (Phi) is 4.39. The summed E-state index contributed by atoms with van der Waals surface area (Å²) in [5.41, 5.74) is 2.46. The Hall–Kier alpha value is -1.32. The van der Waals surface area contributed by atoms with Crippen LogP contribution in [-0.2, 0) is 6.54 Å². The summed E-state index contributed by atoms with van der Waals surface area (Å²) in [7, 11) is 0. The Morgan fingerprint density at radius 1 is 1.28 bits per heavy atom. The molecule has 0 aliphatic rings. The average Bonchev–Trinajstić information content (AvgIpc) is 2.78. The number of H-pyrrole nitrogens is 1. The molecular weight excluding hydrogens is 224 g/mol. The first-order valence-corrected chi connectivity index (χ1v) is 6.59. The number of hydrogen-bond donors (Lipinski definition) is 3. The van der Waals surface area contributed by atoms with Gasteiger partial charge in [0, 0.05) is 36.8 Å². The standard InChI is InChI=1S/C15H22N2O/c1-11(2)13(10-18)8-16-7-12-9-17-15-6-4-3-5-14(12)15/h3-6,9,11,13,16-18H,7-8,10H2,1-2H3. The Bertz CT molecular complexity index is 490. The predicted octanol–water partition coefficient (Wildman–Crippen LogP) is 2.52. The first kappa shape index (κ1) is 13.1. The van der Waals surface area contributed by atoms with Gasteiger partial charge in [0.15, 0.2) is 0 Å². The van der Waals surface area contributed by atoms with Crippen molar-refractivity contribution in [3.8, 4) is 0 Å². The molecule has 0 fully saturated rings. The summed E-state index contributed by atoms with van der Waals surface area (Å²) < 4.78 is 0. The van der Waals surface area contributed by atoms with Crippen molar-refractivity contribution >= 4 is 10.9 Å². The Balaban J connectivity index is 1.94. The molecule has 0 amide bonds. The Morgan fingerprint density at radius 2 is 2.06 bits per heavy atom. The smallest absolute Gasteiger partial charge is 0.0473 e. The molecule has 1 aromatic heterocycles. The van der Waals surface area contributed by atoms with Gasteiger partial charge in [0.25, 0.3) is 0 Å². The molecule has 0 aliphatic heterocycles. The molecule has 1 heterocycles. The fourth-order valence-corrected chi connectivity index (χ4v) is 2.18. The summed E-state index contributed by atoms with van der Waals surface area (Å²) >= 11 is 0. The largest absolute Gasteiger partial charge is 0.396 e. The normalized spacial score (nSPS) is 13.3. The highest BCUT2D eigenvalue weighted by Gasteiger charge is 2.11. The lowest BCUT2D eigenvalue weighted by molar-refractivity contribution is 0.186. The molecule has 1 unspecified atom stereocenters. The van der Waals surface area contributed by atoms with Gasteiger partial charge in [-0.2, -0.15) is 0 Å². The van der Waals surface area contributed by atoms with E-state index in [-0.39, 0.29) is 6.61 Å². The van der Waals surface area contributed by atoms with E-state index in [1.54, 1.807) is 0 Å². The molecule has 0 radical (unpaired) electrons. The molecular formula is C15H22N2O. The molecule has 3 nitrogen and oxygen atoms in total. The number of para-hydroxylation sites is 1. The molecule has 18 heavy (non-hydrogen) atoms. The van der Waals surface area contributed by atoms with Gasteiger partial charge in [-0.05, 0) is 23.5 Å². The lowest BCUT2D eigenvalue weighted by Crippen LogP contribution is -2.28. The maximum Gasteiger partial charge on any atom is 0.0473 e. The van der Waals surface area contributed by atoms with E-state index in [0.717, 1.165) is 13.1 Å². The van der Waals surface area contributed by atoms with E-state index >= 15 is 0 Å². The zero-order valence-corrected chi connectivity index (χ0v) is 11.1. The van der Waals surface area contributed by atoms with Crippen LogP contribution in [-0.4, -0.2) is 23.2 Å². The Morgan fingerprint density at radius 3 is 2.78 bits per heavy atom. The van der Waals surface area contributed by atoms with Gasteiger partial charge in [-0.25, -0.2) is 0 Å². The number of fused-ring (bicyclic) bond motifs is 1. The van der Waals surface area contributed by atoms with Crippen LogP contribution in [0.2, 0.25) is 0 Å². The fraction of sp³-hybridized carbons (Fsp3) is 0.467. The van der Waals surface area contributed by atoms with Crippen molar-refractivity contribution in [2.75, 3.05) is 13.2 Å². The molecule has 0 saturated carbocycles. The van der Waals surface area contributed by atoms with Gasteiger partial charge in [-0.15, -0.1) is 0 Å². The van der Waals surface area contributed by atoms with E-state index in [1.807, 2.05) is 6.07 Å². The van der Waals surface area contributed by atoms with Gasteiger partial charge in [-0.1, -0.05) is 32.0 Å². The van der Waals surface area contributed by atoms with E-state index in [1.165, 1.54) is 16.5 Å². The van der Waals surface area contributed by atoms with Crippen molar-refractivity contribution in [3.05, 3.63) is 36.0 Å². The average molecular weight is 246 g/mol. The third kappa shape index (κ3) is 2.92. The van der Waals surface area contributed by atoms with Crippen LogP contribution in [0, 0.1) is 11.8 Å². The molecule has 0 spiro atoms. The van der Waals surface area contributed by atoms with Crippen molar-refractivity contribution in [2.24, 2.45) is 11.8 Å². The minimum absolute atomic E-state index is 0.249. The van der Waals surface area contributed by atoms with E-state index in [0.29, 0.717) is 11.8 Å². The van der Waals surface area contributed by atoms with Crippen LogP contribution in [0.1, 0.15) is 19.4 Å². The van der Waals surface area contributed by atoms with E-state index in [9.17, 15) is 5.11 Å². The number of rotatable bonds is 6. The summed E-state index contributed by atoms with van der Waals surface area (Å²) in [6.45, 7) is 6.24. The fourth-order valence-electron chi connectivity index (χ4n) is 2.18. The number of aromatic nitrogens is 1. The van der Waals surface area contributed by atoms with Crippen LogP contribution in [0.15, 0.2) is 30.5 Å². The van der Waals surface area contributed by atoms with Crippen LogP contribution in [0.3, 0.4) is 0 Å². The third-order valence-electron chi connectivity index (χ3n) is 3.57. The summed E-state index contributed by atoms with van der Waals surface area (Å²) in [5.74, 6) is 0.834. The number of aliphatic hydroxyl groups excluding tert-OH is 1. The first-order chi connectivity index (χ1) is 8.72. The van der Waals surface area contributed by atoms with Crippen LogP contribution >= 0.6 is 0 Å². The first-order valence-electron chi connectivity index (χ1n) is 6.59. The summed E-state index contributed by atoms with van der Waals surface area (Å²) in [6.07, 6.45) is 2.06. The second-order valence-corrected chi connectivity index (χ2v) is 5.18. The van der Waals surface area contributed by atoms with Gasteiger partial charge >= 0.3 is 0 Å². The SMILES string of the molecule is CC(C)C(CO)CNCc1c[nH]c2ccccc12. The minimum atomic E-state index is 0.249. The zero-order valence-electron chi connectivity index (χ0n) is 11.1. The summed E-state index contributed by atoms with van der Waals surface area (Å²) in [6, 6.07) is 8.32. The van der Waals surface area contributed by atoms with E-state index < -0.39 is 0 Å². The summed E-state index contributed by atoms with van der Waals surface area (Å²) in [5, 5.41) is 14.0. The van der Waals surface area contributed by atoms with Gasteiger partial charge in [0.2, 0.25) is 0 Å². The van der Waals surface area contributed by atoms with Crippen LogP contribution < -0.4 is 5.32 Å². The quantitative estimate of drug-likeness (QED) is 0.733. The second-order valence-electron chi connectivity index (χ2n) is 5.18. The predicted molar refractivity (Wildman–Crippen MR) is 75.4 cm³/mol. The molecule has 2 aromatic rings. The lowest BCUT2D eigenvalue weighted by atomic mass is 9.97.